The van der Waals surface area contributed by atoms with Crippen LogP contribution >= 0.6 is 22.7 Å². The van der Waals surface area contributed by atoms with Gasteiger partial charge in [0.25, 0.3) is 0 Å². The lowest BCUT2D eigenvalue weighted by atomic mass is 10.0. The normalized spacial score (nSPS) is 12.9. The van der Waals surface area contributed by atoms with Crippen LogP contribution in [0.3, 0.4) is 0 Å². The number of aromatic nitrogens is 1. The molecule has 2 N–H and O–H groups in total. The van der Waals surface area contributed by atoms with Gasteiger partial charge in [0.1, 0.15) is 5.01 Å². The second-order valence-corrected chi connectivity index (χ2v) is 5.07. The molecule has 0 spiro atoms. The summed E-state index contributed by atoms with van der Waals surface area (Å²) in [6.45, 7) is 2.84. The predicted molar refractivity (Wildman–Crippen MR) is 67.5 cm³/mol. The minimum atomic E-state index is 0.411. The van der Waals surface area contributed by atoms with Crippen LogP contribution in [0.2, 0.25) is 0 Å². The van der Waals surface area contributed by atoms with E-state index in [1.807, 2.05) is 0 Å². The lowest BCUT2D eigenvalue weighted by molar-refractivity contribution is 0.659. The van der Waals surface area contributed by atoms with Gasteiger partial charge in [-0.1, -0.05) is 6.92 Å². The Morgan fingerprint density at radius 2 is 2.33 bits per heavy atom. The Bertz CT molecular complexity index is 402. The van der Waals surface area contributed by atoms with Crippen LogP contribution in [0.4, 0.5) is 0 Å². The summed E-state index contributed by atoms with van der Waals surface area (Å²) in [5, 5.41) is 7.45. The zero-order valence-corrected chi connectivity index (χ0v) is 10.3. The third-order valence-electron chi connectivity index (χ3n) is 2.49. The molecule has 0 saturated carbocycles. The van der Waals surface area contributed by atoms with E-state index in [0.717, 1.165) is 17.1 Å². The van der Waals surface area contributed by atoms with Crippen molar-refractivity contribution in [2.24, 2.45) is 5.73 Å². The first-order chi connectivity index (χ1) is 7.35. The van der Waals surface area contributed by atoms with Crippen LogP contribution in [-0.2, 0) is 0 Å². The van der Waals surface area contributed by atoms with Crippen LogP contribution in [0.25, 0.3) is 10.6 Å². The van der Waals surface area contributed by atoms with Gasteiger partial charge in [0.2, 0.25) is 0 Å². The van der Waals surface area contributed by atoms with Crippen molar-refractivity contribution < 1.29 is 0 Å². The van der Waals surface area contributed by atoms with E-state index in [4.69, 9.17) is 5.73 Å². The highest BCUT2D eigenvalue weighted by Crippen LogP contribution is 2.29. The van der Waals surface area contributed by atoms with E-state index in [9.17, 15) is 0 Å². The molecule has 1 atom stereocenters. The molecule has 2 aromatic heterocycles. The first kappa shape index (κ1) is 10.8. The Morgan fingerprint density at radius 1 is 1.47 bits per heavy atom. The van der Waals surface area contributed by atoms with E-state index in [-0.39, 0.29) is 0 Å². The molecule has 1 unspecified atom stereocenters. The largest absolute Gasteiger partial charge is 0.330 e. The highest BCUT2D eigenvalue weighted by Gasteiger charge is 2.12. The molecule has 80 valence electrons. The first-order valence-corrected chi connectivity index (χ1v) is 6.85. The number of hydrogen-bond acceptors (Lipinski definition) is 4. The van der Waals surface area contributed by atoms with Crippen molar-refractivity contribution >= 4 is 22.7 Å². The summed E-state index contributed by atoms with van der Waals surface area (Å²) in [7, 11) is 0. The van der Waals surface area contributed by atoms with Crippen LogP contribution in [-0.4, -0.2) is 11.5 Å². The van der Waals surface area contributed by atoms with Crippen molar-refractivity contribution in [3.05, 3.63) is 27.9 Å². The number of nitrogens with two attached hydrogens (primary N) is 1. The van der Waals surface area contributed by atoms with Gasteiger partial charge in [-0.15, -0.1) is 11.3 Å². The van der Waals surface area contributed by atoms with Gasteiger partial charge in [0.15, 0.2) is 0 Å². The Kier molecular flexibility index (Phi) is 3.51. The summed E-state index contributed by atoms with van der Waals surface area (Å²) >= 11 is 3.41. The van der Waals surface area contributed by atoms with Crippen LogP contribution in [0.15, 0.2) is 22.2 Å². The fourth-order valence-corrected chi connectivity index (χ4v) is 3.10. The minimum absolute atomic E-state index is 0.411. The van der Waals surface area contributed by atoms with Crippen LogP contribution < -0.4 is 5.73 Å². The second-order valence-electron chi connectivity index (χ2n) is 3.43. The van der Waals surface area contributed by atoms with E-state index in [0.29, 0.717) is 12.5 Å². The summed E-state index contributed by atoms with van der Waals surface area (Å²) in [6.07, 6.45) is 1.06. The summed E-state index contributed by atoms with van der Waals surface area (Å²) in [5.41, 5.74) is 8.08. The number of hydrogen-bond donors (Lipinski definition) is 1. The average molecular weight is 238 g/mol. The molecule has 0 aliphatic carbocycles. The van der Waals surface area contributed by atoms with E-state index in [1.54, 1.807) is 22.7 Å². The molecule has 15 heavy (non-hydrogen) atoms. The van der Waals surface area contributed by atoms with Crippen LogP contribution in [0.5, 0.6) is 0 Å². The highest BCUT2D eigenvalue weighted by atomic mass is 32.1. The van der Waals surface area contributed by atoms with Gasteiger partial charge in [-0.05, 0) is 17.9 Å². The number of nitrogens with zero attached hydrogens (tertiary/aromatic N) is 1. The third kappa shape index (κ3) is 2.27. The molecule has 0 bridgehead atoms. The van der Waals surface area contributed by atoms with Gasteiger partial charge in [0, 0.05) is 28.8 Å². The van der Waals surface area contributed by atoms with E-state index in [2.05, 4.69) is 34.1 Å². The lowest BCUT2D eigenvalue weighted by Gasteiger charge is -2.07. The Balaban J connectivity index is 2.24. The molecule has 2 heterocycles. The molecule has 2 rings (SSSR count). The van der Waals surface area contributed by atoms with Crippen molar-refractivity contribution in [1.29, 1.82) is 0 Å². The van der Waals surface area contributed by atoms with Gasteiger partial charge in [-0.25, -0.2) is 4.98 Å². The SMILES string of the molecule is CCC(CN)c1csc(-c2ccsc2)n1. The molecule has 0 aliphatic heterocycles. The maximum absolute atomic E-state index is 5.71. The molecule has 0 saturated heterocycles. The van der Waals surface area contributed by atoms with Gasteiger partial charge in [-0.2, -0.15) is 11.3 Å². The Hall–Kier alpha value is -0.710. The van der Waals surface area contributed by atoms with Gasteiger partial charge < -0.3 is 5.73 Å². The molecule has 0 aromatic carbocycles. The standard InChI is InChI=1S/C11H14N2S2/c1-2-8(5-12)10-7-15-11(13-10)9-3-4-14-6-9/h3-4,6-8H,2,5,12H2,1H3. The van der Waals surface area contributed by atoms with Crippen LogP contribution in [0.1, 0.15) is 25.0 Å². The summed E-state index contributed by atoms with van der Waals surface area (Å²) < 4.78 is 0. The fourth-order valence-electron chi connectivity index (χ4n) is 1.49. The monoisotopic (exact) mass is 238 g/mol. The van der Waals surface area contributed by atoms with E-state index < -0.39 is 0 Å². The van der Waals surface area contributed by atoms with E-state index in [1.165, 1.54) is 5.56 Å². The van der Waals surface area contributed by atoms with Gasteiger partial charge >= 0.3 is 0 Å². The summed E-state index contributed by atoms with van der Waals surface area (Å²) in [6, 6.07) is 2.11. The maximum Gasteiger partial charge on any atom is 0.124 e. The molecule has 2 nitrogen and oxygen atoms in total. The number of rotatable bonds is 4. The van der Waals surface area contributed by atoms with Gasteiger partial charge in [-0.3, -0.25) is 0 Å². The molecule has 2 aromatic rings. The zero-order valence-electron chi connectivity index (χ0n) is 8.64. The fraction of sp³-hybridized carbons (Fsp3) is 0.364. The smallest absolute Gasteiger partial charge is 0.124 e. The maximum atomic E-state index is 5.71. The molecule has 0 radical (unpaired) electrons. The van der Waals surface area contributed by atoms with Gasteiger partial charge in [0.05, 0.1) is 5.69 Å². The quantitative estimate of drug-likeness (QED) is 0.887. The molecular formula is C11H14N2S2. The minimum Gasteiger partial charge on any atom is -0.330 e. The zero-order chi connectivity index (χ0) is 10.7. The Labute approximate surface area is 97.8 Å². The third-order valence-corrected chi connectivity index (χ3v) is 4.08. The van der Waals surface area contributed by atoms with Crippen molar-refractivity contribution in [3.63, 3.8) is 0 Å². The predicted octanol–water partition coefficient (Wildman–Crippen LogP) is 3.32. The number of thiophene rings is 1. The molecule has 4 heteroatoms. The molecule has 0 aliphatic rings. The topological polar surface area (TPSA) is 38.9 Å². The summed E-state index contributed by atoms with van der Waals surface area (Å²) in [5.74, 6) is 0.411. The van der Waals surface area contributed by atoms with Crippen LogP contribution in [0, 0.1) is 0 Å². The lowest BCUT2D eigenvalue weighted by Crippen LogP contribution is -2.11. The van der Waals surface area contributed by atoms with Crippen molar-refractivity contribution in [1.82, 2.24) is 4.98 Å². The molecule has 0 fully saturated rings. The second kappa shape index (κ2) is 4.88. The average Bonchev–Trinajstić information content (AvgIpc) is 2.89. The van der Waals surface area contributed by atoms with Crippen molar-refractivity contribution in [2.45, 2.75) is 19.3 Å². The Morgan fingerprint density at radius 3 is 2.93 bits per heavy atom. The van der Waals surface area contributed by atoms with Crippen molar-refractivity contribution in [2.75, 3.05) is 6.54 Å². The first-order valence-electron chi connectivity index (χ1n) is 5.03. The molecular weight excluding hydrogens is 224 g/mol. The highest BCUT2D eigenvalue weighted by molar-refractivity contribution is 7.14. The summed E-state index contributed by atoms with van der Waals surface area (Å²) in [4.78, 5) is 4.64. The number of thiazole rings is 1. The van der Waals surface area contributed by atoms with Crippen molar-refractivity contribution in [3.8, 4) is 10.6 Å². The van der Waals surface area contributed by atoms with E-state index >= 15 is 0 Å². The molecule has 0 amide bonds.